The summed E-state index contributed by atoms with van der Waals surface area (Å²) in [5.41, 5.74) is 6.51. The lowest BCUT2D eigenvalue weighted by Gasteiger charge is -2.23. The number of rotatable bonds is 4. The predicted molar refractivity (Wildman–Crippen MR) is 117 cm³/mol. The Kier molecular flexibility index (Phi) is 5.81. The van der Waals surface area contributed by atoms with Crippen LogP contribution in [0, 0.1) is 12.7 Å². The van der Waals surface area contributed by atoms with E-state index < -0.39 is 0 Å². The summed E-state index contributed by atoms with van der Waals surface area (Å²) in [4.78, 5) is 12.4. The standard InChI is InChI=1S/C25H25FN2O2/c1-16-13-20(10-12-23(16)26)18-7-5-17(6-8-18)15-27-25(30)28-24-4-2-3-19-9-11-21(29)14-22(19)24/h2-8,10,12-13,21,29H,9,11,14-15H2,1H3,(H2,27,28,30). The summed E-state index contributed by atoms with van der Waals surface area (Å²) >= 11 is 0. The second-order valence-corrected chi connectivity index (χ2v) is 7.81. The Balaban J connectivity index is 1.37. The lowest BCUT2D eigenvalue weighted by Crippen LogP contribution is -2.29. The average molecular weight is 404 g/mol. The molecular formula is C25H25FN2O2. The molecule has 2 amide bonds. The molecule has 0 saturated carbocycles. The third-order valence-corrected chi connectivity index (χ3v) is 5.61. The van der Waals surface area contributed by atoms with Gasteiger partial charge in [0.15, 0.2) is 0 Å². The molecule has 3 aromatic carbocycles. The number of halogens is 1. The fourth-order valence-electron chi connectivity index (χ4n) is 3.87. The lowest BCUT2D eigenvalue weighted by molar-refractivity contribution is 0.159. The molecule has 4 rings (SSSR count). The van der Waals surface area contributed by atoms with E-state index in [9.17, 15) is 14.3 Å². The van der Waals surface area contributed by atoms with Crippen molar-refractivity contribution in [2.45, 2.75) is 38.8 Å². The summed E-state index contributed by atoms with van der Waals surface area (Å²) in [5.74, 6) is -0.209. The number of benzene rings is 3. The summed E-state index contributed by atoms with van der Waals surface area (Å²) in [6, 6.07) is 18.5. The van der Waals surface area contributed by atoms with Gasteiger partial charge in [-0.25, -0.2) is 9.18 Å². The molecule has 3 N–H and O–H groups in total. The molecule has 0 aliphatic heterocycles. The average Bonchev–Trinajstić information content (AvgIpc) is 2.75. The molecule has 30 heavy (non-hydrogen) atoms. The van der Waals surface area contributed by atoms with Crippen LogP contribution in [0.1, 0.15) is 28.7 Å². The van der Waals surface area contributed by atoms with E-state index in [2.05, 4.69) is 16.7 Å². The zero-order chi connectivity index (χ0) is 21.1. The normalized spacial score (nSPS) is 15.4. The molecule has 0 saturated heterocycles. The van der Waals surface area contributed by atoms with Crippen molar-refractivity contribution in [3.05, 3.63) is 88.7 Å². The number of aryl methyl sites for hydroxylation is 2. The van der Waals surface area contributed by atoms with Crippen LogP contribution in [0.15, 0.2) is 60.7 Å². The van der Waals surface area contributed by atoms with Crippen LogP contribution < -0.4 is 10.6 Å². The van der Waals surface area contributed by atoms with Gasteiger partial charge in [0.1, 0.15) is 5.82 Å². The highest BCUT2D eigenvalue weighted by Crippen LogP contribution is 2.28. The van der Waals surface area contributed by atoms with Crippen LogP contribution in [0.25, 0.3) is 11.1 Å². The number of aliphatic hydroxyl groups excluding tert-OH is 1. The highest BCUT2D eigenvalue weighted by atomic mass is 19.1. The Morgan fingerprint density at radius 1 is 1.10 bits per heavy atom. The number of carbonyl (C=O) groups excluding carboxylic acids is 1. The van der Waals surface area contributed by atoms with Crippen LogP contribution in [0.3, 0.4) is 0 Å². The van der Waals surface area contributed by atoms with E-state index in [0.29, 0.717) is 18.5 Å². The number of carbonyl (C=O) groups is 1. The Morgan fingerprint density at radius 2 is 1.87 bits per heavy atom. The first-order valence-electron chi connectivity index (χ1n) is 10.2. The van der Waals surface area contributed by atoms with Crippen molar-refractivity contribution in [1.29, 1.82) is 0 Å². The van der Waals surface area contributed by atoms with E-state index in [0.717, 1.165) is 40.8 Å². The van der Waals surface area contributed by atoms with Crippen LogP contribution in [-0.2, 0) is 19.4 Å². The van der Waals surface area contributed by atoms with E-state index in [-0.39, 0.29) is 18.0 Å². The van der Waals surface area contributed by atoms with Gasteiger partial charge in [0, 0.05) is 18.7 Å². The number of hydrogen-bond acceptors (Lipinski definition) is 2. The van der Waals surface area contributed by atoms with Gasteiger partial charge in [0.25, 0.3) is 0 Å². The second-order valence-electron chi connectivity index (χ2n) is 7.81. The van der Waals surface area contributed by atoms with Crippen LogP contribution >= 0.6 is 0 Å². The molecule has 1 atom stereocenters. The Morgan fingerprint density at radius 3 is 2.63 bits per heavy atom. The molecule has 0 bridgehead atoms. The lowest BCUT2D eigenvalue weighted by atomic mass is 9.88. The summed E-state index contributed by atoms with van der Waals surface area (Å²) < 4.78 is 13.5. The number of hydrogen-bond donors (Lipinski definition) is 3. The molecule has 154 valence electrons. The van der Waals surface area contributed by atoms with Gasteiger partial charge >= 0.3 is 6.03 Å². The number of anilines is 1. The first-order chi connectivity index (χ1) is 14.5. The molecule has 3 aromatic rings. The van der Waals surface area contributed by atoms with Gasteiger partial charge in [-0.05, 0) is 71.3 Å². The van der Waals surface area contributed by atoms with Crippen molar-refractivity contribution >= 4 is 11.7 Å². The van der Waals surface area contributed by atoms with E-state index in [1.807, 2.05) is 42.5 Å². The zero-order valence-electron chi connectivity index (χ0n) is 16.9. The van der Waals surface area contributed by atoms with Crippen LogP contribution in [0.4, 0.5) is 14.9 Å². The van der Waals surface area contributed by atoms with Crippen molar-refractivity contribution < 1.29 is 14.3 Å². The first-order valence-corrected chi connectivity index (χ1v) is 10.2. The second kappa shape index (κ2) is 8.67. The van der Waals surface area contributed by atoms with Crippen LogP contribution in [0.2, 0.25) is 0 Å². The molecule has 5 heteroatoms. The fourth-order valence-corrected chi connectivity index (χ4v) is 3.87. The van der Waals surface area contributed by atoms with Gasteiger partial charge in [-0.1, -0.05) is 42.5 Å². The van der Waals surface area contributed by atoms with Gasteiger partial charge in [-0.3, -0.25) is 0 Å². The highest BCUT2D eigenvalue weighted by molar-refractivity contribution is 5.90. The van der Waals surface area contributed by atoms with Crippen molar-refractivity contribution in [2.75, 3.05) is 5.32 Å². The third kappa shape index (κ3) is 4.52. The minimum Gasteiger partial charge on any atom is -0.393 e. The molecule has 0 heterocycles. The maximum absolute atomic E-state index is 13.5. The van der Waals surface area contributed by atoms with Gasteiger partial charge in [-0.2, -0.15) is 0 Å². The van der Waals surface area contributed by atoms with Crippen molar-refractivity contribution in [1.82, 2.24) is 5.32 Å². The molecule has 1 unspecified atom stereocenters. The minimum atomic E-state index is -0.355. The van der Waals surface area contributed by atoms with Crippen LogP contribution in [0.5, 0.6) is 0 Å². The zero-order valence-corrected chi connectivity index (χ0v) is 16.9. The first kappa shape index (κ1) is 20.1. The maximum Gasteiger partial charge on any atom is 0.319 e. The van der Waals surface area contributed by atoms with E-state index in [1.165, 1.54) is 11.6 Å². The fraction of sp³-hybridized carbons (Fsp3) is 0.240. The number of fused-ring (bicyclic) bond motifs is 1. The molecule has 1 aliphatic carbocycles. The van der Waals surface area contributed by atoms with Crippen molar-refractivity contribution in [2.24, 2.45) is 0 Å². The van der Waals surface area contributed by atoms with Crippen LogP contribution in [-0.4, -0.2) is 17.2 Å². The largest absolute Gasteiger partial charge is 0.393 e. The Hall–Kier alpha value is -3.18. The molecular weight excluding hydrogens is 379 g/mol. The quantitative estimate of drug-likeness (QED) is 0.575. The predicted octanol–water partition coefficient (Wildman–Crippen LogP) is 4.97. The summed E-state index contributed by atoms with van der Waals surface area (Å²) in [7, 11) is 0. The van der Waals surface area contributed by atoms with E-state index in [1.54, 1.807) is 13.0 Å². The monoisotopic (exact) mass is 404 g/mol. The molecule has 0 spiro atoms. The van der Waals surface area contributed by atoms with Gasteiger partial charge in [-0.15, -0.1) is 0 Å². The summed E-state index contributed by atoms with van der Waals surface area (Å²) in [5, 5.41) is 15.7. The maximum atomic E-state index is 13.5. The molecule has 0 aromatic heterocycles. The Labute approximate surface area is 175 Å². The molecule has 1 aliphatic rings. The Bertz CT molecular complexity index is 1060. The van der Waals surface area contributed by atoms with Crippen molar-refractivity contribution in [3.63, 3.8) is 0 Å². The summed E-state index contributed by atoms with van der Waals surface area (Å²) in [6.07, 6.45) is 1.80. The number of amides is 2. The SMILES string of the molecule is Cc1cc(-c2ccc(CNC(=O)Nc3cccc4c3CC(O)CC4)cc2)ccc1F. The minimum absolute atomic E-state index is 0.209. The number of aliphatic hydroxyl groups is 1. The topological polar surface area (TPSA) is 61.4 Å². The summed E-state index contributed by atoms with van der Waals surface area (Å²) in [6.45, 7) is 2.15. The smallest absolute Gasteiger partial charge is 0.319 e. The highest BCUT2D eigenvalue weighted by Gasteiger charge is 2.19. The van der Waals surface area contributed by atoms with Crippen molar-refractivity contribution in [3.8, 4) is 11.1 Å². The number of urea groups is 1. The van der Waals surface area contributed by atoms with Gasteiger partial charge < -0.3 is 15.7 Å². The molecule has 0 fully saturated rings. The molecule has 0 radical (unpaired) electrons. The van der Waals surface area contributed by atoms with E-state index >= 15 is 0 Å². The van der Waals surface area contributed by atoms with Gasteiger partial charge in [0.05, 0.1) is 6.10 Å². The third-order valence-electron chi connectivity index (χ3n) is 5.61. The van der Waals surface area contributed by atoms with E-state index in [4.69, 9.17) is 0 Å². The van der Waals surface area contributed by atoms with Gasteiger partial charge in [0.2, 0.25) is 0 Å². The molecule has 4 nitrogen and oxygen atoms in total. The number of nitrogens with one attached hydrogen (secondary N) is 2.